The number of benzene rings is 1. The van der Waals surface area contributed by atoms with Crippen molar-refractivity contribution in [3.63, 3.8) is 0 Å². The van der Waals surface area contributed by atoms with E-state index in [2.05, 4.69) is 0 Å². The number of amides is 1. The summed E-state index contributed by atoms with van der Waals surface area (Å²) < 4.78 is 0. The van der Waals surface area contributed by atoms with E-state index in [4.69, 9.17) is 0 Å². The van der Waals surface area contributed by atoms with E-state index in [-0.39, 0.29) is 17.6 Å². The minimum Gasteiger partial charge on any atom is -0.312 e. The van der Waals surface area contributed by atoms with Crippen LogP contribution in [-0.2, 0) is 9.59 Å². The number of hydrogen-bond donors (Lipinski definition) is 0. The van der Waals surface area contributed by atoms with Crippen molar-refractivity contribution in [2.45, 2.75) is 33.6 Å². The summed E-state index contributed by atoms with van der Waals surface area (Å²) in [5.74, 6) is -0.485. The Hall–Kier alpha value is -1.64. The number of ketones is 1. The van der Waals surface area contributed by atoms with Crippen molar-refractivity contribution in [3.8, 4) is 0 Å². The van der Waals surface area contributed by atoms with Crippen LogP contribution in [0.3, 0.4) is 0 Å². The van der Waals surface area contributed by atoms with E-state index in [1.807, 2.05) is 45.0 Å². The maximum absolute atomic E-state index is 12.5. The summed E-state index contributed by atoms with van der Waals surface area (Å²) >= 11 is 0. The molecule has 1 aliphatic rings. The zero-order chi connectivity index (χ0) is 14.0. The first-order valence-electron chi connectivity index (χ1n) is 6.93. The Morgan fingerprint density at radius 3 is 2.63 bits per heavy atom. The Morgan fingerprint density at radius 1 is 1.32 bits per heavy atom. The molecule has 1 amide bonds. The quantitative estimate of drug-likeness (QED) is 0.783. The third-order valence-corrected chi connectivity index (χ3v) is 3.76. The average Bonchev–Trinajstić information content (AvgIpc) is 2.39. The molecule has 0 spiro atoms. The summed E-state index contributed by atoms with van der Waals surface area (Å²) in [6, 6.07) is 7.85. The summed E-state index contributed by atoms with van der Waals surface area (Å²) in [6.07, 6.45) is 1.58. The summed E-state index contributed by atoms with van der Waals surface area (Å²) in [5.41, 5.74) is 2.02. The van der Waals surface area contributed by atoms with Crippen LogP contribution in [0.4, 0.5) is 5.69 Å². The van der Waals surface area contributed by atoms with Gasteiger partial charge in [-0.05, 0) is 31.4 Å². The average molecular weight is 259 g/mol. The number of aryl methyl sites for hydroxylation is 1. The Morgan fingerprint density at radius 2 is 2.00 bits per heavy atom. The van der Waals surface area contributed by atoms with Crippen molar-refractivity contribution < 1.29 is 9.59 Å². The number of carbonyl (C=O) groups excluding carboxylic acids is 2. The van der Waals surface area contributed by atoms with Crippen molar-refractivity contribution in [1.29, 1.82) is 0 Å². The molecule has 2 rings (SSSR count). The normalized spacial score (nSPS) is 19.9. The molecule has 0 aromatic heterocycles. The SMILES string of the molecule is Cc1ccccc1N1CCCC(C(=O)C(C)C)C1=O. The van der Waals surface area contributed by atoms with Gasteiger partial charge in [0.1, 0.15) is 5.78 Å². The van der Waals surface area contributed by atoms with E-state index in [1.54, 1.807) is 4.90 Å². The predicted molar refractivity (Wildman–Crippen MR) is 76.1 cm³/mol. The van der Waals surface area contributed by atoms with Crippen LogP contribution in [-0.4, -0.2) is 18.2 Å². The first kappa shape index (κ1) is 13.8. The highest BCUT2D eigenvalue weighted by molar-refractivity contribution is 6.09. The Balaban J connectivity index is 2.26. The highest BCUT2D eigenvalue weighted by atomic mass is 16.2. The number of piperidine rings is 1. The van der Waals surface area contributed by atoms with Crippen LogP contribution in [0, 0.1) is 18.8 Å². The molecule has 19 heavy (non-hydrogen) atoms. The summed E-state index contributed by atoms with van der Waals surface area (Å²) in [6.45, 7) is 6.44. The molecular weight excluding hydrogens is 238 g/mol. The van der Waals surface area contributed by atoms with Gasteiger partial charge in [0.05, 0.1) is 5.92 Å². The first-order chi connectivity index (χ1) is 9.02. The zero-order valence-corrected chi connectivity index (χ0v) is 11.8. The van der Waals surface area contributed by atoms with Crippen molar-refractivity contribution in [3.05, 3.63) is 29.8 Å². The van der Waals surface area contributed by atoms with Crippen LogP contribution in [0.1, 0.15) is 32.3 Å². The first-order valence-corrected chi connectivity index (χ1v) is 6.93. The van der Waals surface area contributed by atoms with Gasteiger partial charge >= 0.3 is 0 Å². The molecule has 1 atom stereocenters. The van der Waals surface area contributed by atoms with Gasteiger partial charge in [-0.25, -0.2) is 0 Å². The van der Waals surface area contributed by atoms with Crippen molar-refractivity contribution in [1.82, 2.24) is 0 Å². The topological polar surface area (TPSA) is 37.4 Å². The molecule has 0 aliphatic carbocycles. The lowest BCUT2D eigenvalue weighted by molar-refractivity contribution is -0.135. The summed E-state index contributed by atoms with van der Waals surface area (Å²) in [5, 5.41) is 0. The third-order valence-electron chi connectivity index (χ3n) is 3.76. The summed E-state index contributed by atoms with van der Waals surface area (Å²) in [4.78, 5) is 26.4. The lowest BCUT2D eigenvalue weighted by Gasteiger charge is -2.33. The molecule has 3 nitrogen and oxygen atoms in total. The van der Waals surface area contributed by atoms with Crippen LogP contribution < -0.4 is 4.90 Å². The predicted octanol–water partition coefficient (Wildman–Crippen LogP) is 2.96. The van der Waals surface area contributed by atoms with Gasteiger partial charge in [0.2, 0.25) is 5.91 Å². The summed E-state index contributed by atoms with van der Waals surface area (Å²) in [7, 11) is 0. The van der Waals surface area contributed by atoms with Crippen LogP contribution in [0.2, 0.25) is 0 Å². The van der Waals surface area contributed by atoms with E-state index in [1.165, 1.54) is 0 Å². The molecule has 1 unspecified atom stereocenters. The molecule has 1 aliphatic heterocycles. The number of hydrogen-bond acceptors (Lipinski definition) is 2. The Labute approximate surface area is 114 Å². The standard InChI is InChI=1S/C16H21NO2/c1-11(2)15(18)13-8-6-10-17(16(13)19)14-9-5-4-7-12(14)3/h4-5,7,9,11,13H,6,8,10H2,1-3H3. The molecule has 0 bridgehead atoms. The molecule has 1 aromatic carbocycles. The van der Waals surface area contributed by atoms with Crippen molar-refractivity contribution in [2.75, 3.05) is 11.4 Å². The molecule has 1 aromatic rings. The number of anilines is 1. The second-order valence-corrected chi connectivity index (χ2v) is 5.53. The van der Waals surface area contributed by atoms with Crippen molar-refractivity contribution in [2.24, 2.45) is 11.8 Å². The van der Waals surface area contributed by atoms with E-state index in [0.717, 1.165) is 17.7 Å². The Kier molecular flexibility index (Phi) is 4.03. The van der Waals surface area contributed by atoms with Crippen LogP contribution in [0.25, 0.3) is 0 Å². The van der Waals surface area contributed by atoms with Gasteiger partial charge < -0.3 is 4.90 Å². The van der Waals surface area contributed by atoms with Gasteiger partial charge in [0, 0.05) is 18.2 Å². The van der Waals surface area contributed by atoms with Crippen LogP contribution in [0.5, 0.6) is 0 Å². The number of Topliss-reactive ketones (excluding diaryl/α,β-unsaturated/α-hetero) is 1. The highest BCUT2D eigenvalue weighted by Gasteiger charge is 2.35. The monoisotopic (exact) mass is 259 g/mol. The van der Waals surface area contributed by atoms with Gasteiger partial charge in [-0.3, -0.25) is 9.59 Å². The minimum absolute atomic E-state index is 0.0285. The Bertz CT molecular complexity index is 493. The van der Waals surface area contributed by atoms with Crippen LogP contribution >= 0.6 is 0 Å². The van der Waals surface area contributed by atoms with E-state index in [9.17, 15) is 9.59 Å². The zero-order valence-electron chi connectivity index (χ0n) is 11.8. The molecule has 1 fully saturated rings. The molecule has 3 heteroatoms. The lowest BCUT2D eigenvalue weighted by atomic mass is 9.87. The lowest BCUT2D eigenvalue weighted by Crippen LogP contribution is -2.45. The molecule has 0 saturated carbocycles. The van der Waals surface area contributed by atoms with Gasteiger partial charge in [-0.15, -0.1) is 0 Å². The minimum atomic E-state index is -0.451. The van der Waals surface area contributed by atoms with E-state index < -0.39 is 5.92 Å². The maximum atomic E-state index is 12.5. The van der Waals surface area contributed by atoms with Gasteiger partial charge in [0.15, 0.2) is 0 Å². The second-order valence-electron chi connectivity index (χ2n) is 5.53. The number of nitrogens with zero attached hydrogens (tertiary/aromatic N) is 1. The van der Waals surface area contributed by atoms with Crippen molar-refractivity contribution >= 4 is 17.4 Å². The number of rotatable bonds is 3. The molecule has 102 valence electrons. The van der Waals surface area contributed by atoms with E-state index in [0.29, 0.717) is 13.0 Å². The molecular formula is C16H21NO2. The number of carbonyl (C=O) groups is 2. The van der Waals surface area contributed by atoms with E-state index >= 15 is 0 Å². The molecule has 1 heterocycles. The fraction of sp³-hybridized carbons (Fsp3) is 0.500. The van der Waals surface area contributed by atoms with Gasteiger partial charge in [-0.2, -0.15) is 0 Å². The second kappa shape index (κ2) is 5.55. The maximum Gasteiger partial charge on any atom is 0.237 e. The highest BCUT2D eigenvalue weighted by Crippen LogP contribution is 2.28. The fourth-order valence-electron chi connectivity index (χ4n) is 2.65. The molecule has 0 radical (unpaired) electrons. The van der Waals surface area contributed by atoms with Gasteiger partial charge in [-0.1, -0.05) is 32.0 Å². The van der Waals surface area contributed by atoms with Crippen LogP contribution in [0.15, 0.2) is 24.3 Å². The molecule has 1 saturated heterocycles. The fourth-order valence-corrected chi connectivity index (χ4v) is 2.65. The number of para-hydroxylation sites is 1. The molecule has 0 N–H and O–H groups in total. The smallest absolute Gasteiger partial charge is 0.237 e. The largest absolute Gasteiger partial charge is 0.312 e. The third kappa shape index (κ3) is 2.70. The van der Waals surface area contributed by atoms with Gasteiger partial charge in [0.25, 0.3) is 0 Å².